The first-order valence-electron chi connectivity index (χ1n) is 4.78. The molecule has 0 saturated carbocycles. The molecule has 0 aliphatic carbocycles. The van der Waals surface area contributed by atoms with Crippen molar-refractivity contribution in [2.75, 3.05) is 26.8 Å². The molecule has 0 unspecified atom stereocenters. The van der Waals surface area contributed by atoms with Crippen molar-refractivity contribution in [3.63, 3.8) is 0 Å². The maximum Gasteiger partial charge on any atom is 0.323 e. The highest BCUT2D eigenvalue weighted by Gasteiger charge is 2.21. The van der Waals surface area contributed by atoms with Gasteiger partial charge in [0.2, 0.25) is 5.91 Å². The zero-order chi connectivity index (χ0) is 11.8. The SMILES string of the molecule is CC[C@@H](N)C(=O)N(CCOC)CC(=O)O. The normalized spacial score (nSPS) is 12.2. The second-order valence-corrected chi connectivity index (χ2v) is 3.16. The molecule has 0 aliphatic heterocycles. The minimum Gasteiger partial charge on any atom is -0.480 e. The first kappa shape index (κ1) is 13.9. The molecule has 0 aromatic rings. The highest BCUT2D eigenvalue weighted by molar-refractivity contribution is 5.85. The molecule has 0 spiro atoms. The van der Waals surface area contributed by atoms with Crippen molar-refractivity contribution >= 4 is 11.9 Å². The van der Waals surface area contributed by atoms with Crippen LogP contribution in [-0.2, 0) is 14.3 Å². The molecular formula is C9H18N2O4. The molecule has 6 heteroatoms. The number of ether oxygens (including phenoxy) is 1. The van der Waals surface area contributed by atoms with Crippen LogP contribution >= 0.6 is 0 Å². The molecule has 0 radical (unpaired) electrons. The smallest absolute Gasteiger partial charge is 0.323 e. The molecule has 6 nitrogen and oxygen atoms in total. The van der Waals surface area contributed by atoms with Crippen molar-refractivity contribution < 1.29 is 19.4 Å². The number of amides is 1. The molecule has 3 N–H and O–H groups in total. The number of nitrogens with zero attached hydrogens (tertiary/aromatic N) is 1. The second-order valence-electron chi connectivity index (χ2n) is 3.16. The zero-order valence-corrected chi connectivity index (χ0v) is 9.10. The Labute approximate surface area is 89.0 Å². The number of carbonyl (C=O) groups excluding carboxylic acids is 1. The number of carboxylic acids is 1. The van der Waals surface area contributed by atoms with Gasteiger partial charge in [0.1, 0.15) is 6.54 Å². The fourth-order valence-corrected chi connectivity index (χ4v) is 1.04. The van der Waals surface area contributed by atoms with Crippen LogP contribution in [0.5, 0.6) is 0 Å². The molecule has 0 saturated heterocycles. The molecule has 0 heterocycles. The van der Waals surface area contributed by atoms with E-state index < -0.39 is 12.0 Å². The van der Waals surface area contributed by atoms with Crippen molar-refractivity contribution in [1.82, 2.24) is 4.90 Å². The van der Waals surface area contributed by atoms with E-state index >= 15 is 0 Å². The molecule has 0 aliphatic rings. The molecule has 0 bridgehead atoms. The number of rotatable bonds is 7. The molecule has 0 aromatic heterocycles. The fraction of sp³-hybridized carbons (Fsp3) is 0.778. The summed E-state index contributed by atoms with van der Waals surface area (Å²) >= 11 is 0. The number of hydrogen-bond acceptors (Lipinski definition) is 4. The van der Waals surface area contributed by atoms with Gasteiger partial charge in [0.15, 0.2) is 0 Å². The first-order chi connectivity index (χ1) is 7.02. The summed E-state index contributed by atoms with van der Waals surface area (Å²) in [6.45, 7) is 1.98. The van der Waals surface area contributed by atoms with Crippen LogP contribution in [0.25, 0.3) is 0 Å². The fourth-order valence-electron chi connectivity index (χ4n) is 1.04. The highest BCUT2D eigenvalue weighted by atomic mass is 16.5. The van der Waals surface area contributed by atoms with Crippen molar-refractivity contribution in [3.05, 3.63) is 0 Å². The van der Waals surface area contributed by atoms with Crippen LogP contribution in [0.15, 0.2) is 0 Å². The second kappa shape index (κ2) is 7.19. The Kier molecular flexibility index (Phi) is 6.64. The lowest BCUT2D eigenvalue weighted by atomic mass is 10.2. The van der Waals surface area contributed by atoms with Crippen LogP contribution in [0.2, 0.25) is 0 Å². The number of aliphatic carboxylic acids is 1. The van der Waals surface area contributed by atoms with Crippen molar-refractivity contribution in [2.24, 2.45) is 5.73 Å². The number of carbonyl (C=O) groups is 2. The number of methoxy groups -OCH3 is 1. The van der Waals surface area contributed by atoms with Crippen LogP contribution < -0.4 is 5.73 Å². The minimum absolute atomic E-state index is 0.245. The van der Waals surface area contributed by atoms with Gasteiger partial charge in [0.25, 0.3) is 0 Å². The summed E-state index contributed by atoms with van der Waals surface area (Å²) in [5, 5.41) is 8.61. The number of nitrogens with two attached hydrogens (primary N) is 1. The van der Waals surface area contributed by atoms with Crippen LogP contribution in [-0.4, -0.2) is 54.7 Å². The van der Waals surface area contributed by atoms with E-state index in [1.54, 1.807) is 6.92 Å². The van der Waals surface area contributed by atoms with Crippen LogP contribution in [0, 0.1) is 0 Å². The zero-order valence-electron chi connectivity index (χ0n) is 9.10. The van der Waals surface area contributed by atoms with Crippen molar-refractivity contribution in [2.45, 2.75) is 19.4 Å². The number of hydrogen-bond donors (Lipinski definition) is 2. The van der Waals surface area contributed by atoms with Gasteiger partial charge in [-0.1, -0.05) is 6.92 Å². The summed E-state index contributed by atoms with van der Waals surface area (Å²) in [5.41, 5.74) is 5.54. The molecule has 88 valence electrons. The molecule has 15 heavy (non-hydrogen) atoms. The van der Waals surface area contributed by atoms with Gasteiger partial charge in [0.05, 0.1) is 12.6 Å². The van der Waals surface area contributed by atoms with Crippen LogP contribution in [0.1, 0.15) is 13.3 Å². The van der Waals surface area contributed by atoms with Crippen molar-refractivity contribution in [3.8, 4) is 0 Å². The van der Waals surface area contributed by atoms with E-state index in [4.69, 9.17) is 15.6 Å². The quantitative estimate of drug-likeness (QED) is 0.588. The third kappa shape index (κ3) is 5.34. The molecule has 0 aromatic carbocycles. The Hall–Kier alpha value is -1.14. The third-order valence-corrected chi connectivity index (χ3v) is 1.96. The van der Waals surface area contributed by atoms with Crippen LogP contribution in [0.4, 0.5) is 0 Å². The third-order valence-electron chi connectivity index (χ3n) is 1.96. The van der Waals surface area contributed by atoms with Gasteiger partial charge >= 0.3 is 5.97 Å². The summed E-state index contributed by atoms with van der Waals surface area (Å²) < 4.78 is 4.79. The average Bonchev–Trinajstić information content (AvgIpc) is 2.21. The van der Waals surface area contributed by atoms with E-state index in [-0.39, 0.29) is 19.0 Å². The molecule has 0 rings (SSSR count). The maximum absolute atomic E-state index is 11.6. The predicted molar refractivity (Wildman–Crippen MR) is 54.4 cm³/mol. The number of carboxylic acid groups (broad SMARTS) is 1. The minimum atomic E-state index is -1.05. The van der Waals surface area contributed by atoms with Crippen molar-refractivity contribution in [1.29, 1.82) is 0 Å². The Morgan fingerprint density at radius 2 is 2.13 bits per heavy atom. The van der Waals surface area contributed by atoms with Crippen LogP contribution in [0.3, 0.4) is 0 Å². The highest BCUT2D eigenvalue weighted by Crippen LogP contribution is 1.97. The lowest BCUT2D eigenvalue weighted by molar-refractivity contribution is -0.145. The summed E-state index contributed by atoms with van der Waals surface area (Å²) in [5.74, 6) is -1.40. The average molecular weight is 218 g/mol. The molecule has 1 atom stereocenters. The monoisotopic (exact) mass is 218 g/mol. The molecular weight excluding hydrogens is 200 g/mol. The molecule has 1 amide bonds. The lowest BCUT2D eigenvalue weighted by Crippen LogP contribution is -2.46. The summed E-state index contributed by atoms with van der Waals surface area (Å²) in [4.78, 5) is 23.3. The lowest BCUT2D eigenvalue weighted by Gasteiger charge is -2.23. The Bertz CT molecular complexity index is 220. The van der Waals surface area contributed by atoms with Gasteiger partial charge in [-0.25, -0.2) is 0 Å². The van der Waals surface area contributed by atoms with E-state index in [1.165, 1.54) is 12.0 Å². The standard InChI is InChI=1S/C9H18N2O4/c1-3-7(10)9(14)11(4-5-15-2)6-8(12)13/h7H,3-6,10H2,1-2H3,(H,12,13)/t7-/m1/s1. The van der Waals surface area contributed by atoms with Gasteiger partial charge in [0, 0.05) is 13.7 Å². The largest absolute Gasteiger partial charge is 0.480 e. The Morgan fingerprint density at radius 3 is 2.53 bits per heavy atom. The van der Waals surface area contributed by atoms with E-state index in [9.17, 15) is 9.59 Å². The Morgan fingerprint density at radius 1 is 1.53 bits per heavy atom. The van der Waals surface area contributed by atoms with E-state index in [2.05, 4.69) is 0 Å². The van der Waals surface area contributed by atoms with Gasteiger partial charge in [-0.3, -0.25) is 9.59 Å². The van der Waals surface area contributed by atoms with Gasteiger partial charge in [-0.2, -0.15) is 0 Å². The van der Waals surface area contributed by atoms with Gasteiger partial charge in [-0.05, 0) is 6.42 Å². The summed E-state index contributed by atoms with van der Waals surface area (Å²) in [6, 6.07) is -0.638. The predicted octanol–water partition coefficient (Wildman–Crippen LogP) is -0.717. The topological polar surface area (TPSA) is 92.9 Å². The maximum atomic E-state index is 11.6. The van der Waals surface area contributed by atoms with Gasteiger partial charge in [-0.15, -0.1) is 0 Å². The summed E-state index contributed by atoms with van der Waals surface area (Å²) in [6.07, 6.45) is 0.488. The first-order valence-corrected chi connectivity index (χ1v) is 4.78. The van der Waals surface area contributed by atoms with Gasteiger partial charge < -0.3 is 20.5 Å². The Balaban J connectivity index is 4.32. The van der Waals surface area contributed by atoms with E-state index in [0.29, 0.717) is 13.0 Å². The van der Waals surface area contributed by atoms with E-state index in [0.717, 1.165) is 0 Å². The molecule has 0 fully saturated rings. The van der Waals surface area contributed by atoms with E-state index in [1.807, 2.05) is 0 Å². The summed E-state index contributed by atoms with van der Waals surface area (Å²) in [7, 11) is 1.49.